The van der Waals surface area contributed by atoms with E-state index in [1.54, 1.807) is 0 Å². The van der Waals surface area contributed by atoms with Crippen molar-refractivity contribution in [2.45, 2.75) is 65.7 Å². The predicted molar refractivity (Wildman–Crippen MR) is 88.0 cm³/mol. The molecule has 0 unspecified atom stereocenters. The van der Waals surface area contributed by atoms with Crippen molar-refractivity contribution in [3.05, 3.63) is 29.8 Å². The maximum absolute atomic E-state index is 10.3. The van der Waals surface area contributed by atoms with Crippen molar-refractivity contribution in [2.75, 3.05) is 6.61 Å². The van der Waals surface area contributed by atoms with Crippen LogP contribution in [0.15, 0.2) is 24.3 Å². The summed E-state index contributed by atoms with van der Waals surface area (Å²) in [5.41, 5.74) is 1.32. The Hall–Kier alpha value is -1.51. The van der Waals surface area contributed by atoms with Crippen LogP contribution in [-0.4, -0.2) is 17.7 Å². The van der Waals surface area contributed by atoms with Gasteiger partial charge in [-0.25, -0.2) is 0 Å². The number of rotatable bonds is 9. The lowest BCUT2D eigenvalue weighted by atomic mass is 10.1. The maximum Gasteiger partial charge on any atom is 0.303 e. The number of carbonyl (C=O) groups is 1. The van der Waals surface area contributed by atoms with E-state index in [9.17, 15) is 4.79 Å². The van der Waals surface area contributed by atoms with Crippen LogP contribution in [0, 0.1) is 0 Å². The first-order valence-electron chi connectivity index (χ1n) is 8.07. The Morgan fingerprint density at radius 1 is 1.00 bits per heavy atom. The molecular weight excluding hydrogens is 264 g/mol. The molecule has 0 bridgehead atoms. The molecule has 21 heavy (non-hydrogen) atoms. The molecule has 0 fully saturated rings. The average molecular weight is 294 g/mol. The van der Waals surface area contributed by atoms with Crippen LogP contribution in [0.25, 0.3) is 0 Å². The Morgan fingerprint density at radius 2 is 1.57 bits per heavy atom. The highest BCUT2D eigenvalue weighted by atomic mass is 16.5. The van der Waals surface area contributed by atoms with Crippen molar-refractivity contribution in [3.8, 4) is 5.75 Å². The second kappa shape index (κ2) is 13.5. The predicted octanol–water partition coefficient (Wildman–Crippen LogP) is 5.08. The van der Waals surface area contributed by atoms with Crippen molar-refractivity contribution in [1.82, 2.24) is 0 Å². The third-order valence-corrected chi connectivity index (χ3v) is 2.89. The van der Waals surface area contributed by atoms with Gasteiger partial charge in [0.15, 0.2) is 0 Å². The van der Waals surface area contributed by atoms with Gasteiger partial charge in [-0.15, -0.1) is 0 Å². The van der Waals surface area contributed by atoms with Crippen LogP contribution in [0.4, 0.5) is 0 Å². The van der Waals surface area contributed by atoms with Crippen LogP contribution in [0.5, 0.6) is 5.75 Å². The second-order valence-corrected chi connectivity index (χ2v) is 5.11. The second-order valence-electron chi connectivity index (χ2n) is 5.11. The van der Waals surface area contributed by atoms with E-state index < -0.39 is 5.97 Å². The maximum atomic E-state index is 10.3. The van der Waals surface area contributed by atoms with E-state index in [4.69, 9.17) is 9.84 Å². The van der Waals surface area contributed by atoms with Crippen LogP contribution < -0.4 is 4.74 Å². The van der Waals surface area contributed by atoms with Gasteiger partial charge in [0.25, 0.3) is 0 Å². The number of carboxylic acid groups (broad SMARTS) is 1. The summed E-state index contributed by atoms with van der Waals surface area (Å²) >= 11 is 0. The Bertz CT molecular complexity index is 357. The van der Waals surface area contributed by atoms with Crippen molar-refractivity contribution >= 4 is 5.97 Å². The lowest BCUT2D eigenvalue weighted by Crippen LogP contribution is -1.98. The van der Waals surface area contributed by atoms with E-state index in [-0.39, 0.29) is 6.42 Å². The minimum absolute atomic E-state index is 0.277. The fourth-order valence-electron chi connectivity index (χ4n) is 1.74. The normalized spacial score (nSPS) is 9.67. The quantitative estimate of drug-likeness (QED) is 0.646. The molecule has 1 N–H and O–H groups in total. The summed E-state index contributed by atoms with van der Waals surface area (Å²) in [4.78, 5) is 10.3. The zero-order valence-corrected chi connectivity index (χ0v) is 13.7. The van der Waals surface area contributed by atoms with Gasteiger partial charge >= 0.3 is 5.97 Å². The van der Waals surface area contributed by atoms with Crippen LogP contribution in [0.1, 0.15) is 64.9 Å². The average Bonchev–Trinajstić information content (AvgIpc) is 2.47. The first-order chi connectivity index (χ1) is 10.1. The third kappa shape index (κ3) is 12.0. The highest BCUT2D eigenvalue weighted by molar-refractivity contribution is 5.66. The number of hydrogen-bond acceptors (Lipinski definition) is 2. The van der Waals surface area contributed by atoms with Gasteiger partial charge < -0.3 is 9.84 Å². The first kappa shape index (κ1) is 19.5. The fraction of sp³-hybridized carbons (Fsp3) is 0.611. The third-order valence-electron chi connectivity index (χ3n) is 2.89. The van der Waals surface area contributed by atoms with E-state index in [0.29, 0.717) is 6.61 Å². The molecule has 0 saturated carbocycles. The topological polar surface area (TPSA) is 46.5 Å². The van der Waals surface area contributed by atoms with Crippen LogP contribution >= 0.6 is 0 Å². The number of benzene rings is 1. The molecule has 0 spiro atoms. The SMILES string of the molecule is CCC.CCc1ccc(OCCCCCCC(=O)O)cc1. The van der Waals surface area contributed by atoms with E-state index in [2.05, 4.69) is 32.9 Å². The van der Waals surface area contributed by atoms with Crippen LogP contribution in [0.2, 0.25) is 0 Å². The first-order valence-corrected chi connectivity index (χ1v) is 8.07. The number of hydrogen-bond donors (Lipinski definition) is 1. The monoisotopic (exact) mass is 294 g/mol. The van der Waals surface area contributed by atoms with Gasteiger partial charge in [-0.05, 0) is 37.0 Å². The van der Waals surface area contributed by atoms with Gasteiger partial charge in [-0.1, -0.05) is 52.2 Å². The van der Waals surface area contributed by atoms with Crippen molar-refractivity contribution in [3.63, 3.8) is 0 Å². The molecule has 120 valence electrons. The molecule has 1 aromatic carbocycles. The summed E-state index contributed by atoms with van der Waals surface area (Å²) in [5, 5.41) is 8.48. The molecule has 0 heterocycles. The summed E-state index contributed by atoms with van der Waals surface area (Å²) in [6.45, 7) is 7.09. The summed E-state index contributed by atoms with van der Waals surface area (Å²) in [6, 6.07) is 8.18. The Balaban J connectivity index is 0.00000122. The van der Waals surface area contributed by atoms with Crippen LogP contribution in [0.3, 0.4) is 0 Å². The molecule has 0 aliphatic rings. The van der Waals surface area contributed by atoms with Gasteiger partial charge in [0.05, 0.1) is 6.61 Å². The van der Waals surface area contributed by atoms with Crippen LogP contribution in [-0.2, 0) is 11.2 Å². The van der Waals surface area contributed by atoms with Gasteiger partial charge in [-0.3, -0.25) is 4.79 Å². The Kier molecular flexibility index (Phi) is 12.5. The number of aryl methyl sites for hydroxylation is 1. The number of unbranched alkanes of at least 4 members (excludes halogenated alkanes) is 3. The summed E-state index contributed by atoms with van der Waals surface area (Å²) < 4.78 is 5.62. The molecule has 1 aromatic rings. The zero-order chi connectivity index (χ0) is 15.9. The number of aliphatic carboxylic acids is 1. The molecular formula is C18H30O3. The highest BCUT2D eigenvalue weighted by Gasteiger charge is 1.97. The molecule has 3 nitrogen and oxygen atoms in total. The van der Waals surface area contributed by atoms with Gasteiger partial charge in [0.1, 0.15) is 5.75 Å². The number of ether oxygens (including phenoxy) is 1. The van der Waals surface area contributed by atoms with E-state index in [0.717, 1.165) is 37.9 Å². The molecule has 0 aliphatic heterocycles. The van der Waals surface area contributed by atoms with Gasteiger partial charge in [-0.2, -0.15) is 0 Å². The smallest absolute Gasteiger partial charge is 0.303 e. The van der Waals surface area contributed by atoms with E-state index >= 15 is 0 Å². The molecule has 0 aliphatic carbocycles. The lowest BCUT2D eigenvalue weighted by Gasteiger charge is -2.06. The largest absolute Gasteiger partial charge is 0.494 e. The van der Waals surface area contributed by atoms with Gasteiger partial charge in [0, 0.05) is 6.42 Å². The van der Waals surface area contributed by atoms with Crippen molar-refractivity contribution in [2.24, 2.45) is 0 Å². The minimum atomic E-state index is -0.706. The molecule has 0 saturated heterocycles. The van der Waals surface area contributed by atoms with E-state index in [1.165, 1.54) is 12.0 Å². The lowest BCUT2D eigenvalue weighted by molar-refractivity contribution is -0.137. The molecule has 0 radical (unpaired) electrons. The Labute approximate surface area is 129 Å². The van der Waals surface area contributed by atoms with Gasteiger partial charge in [0.2, 0.25) is 0 Å². The van der Waals surface area contributed by atoms with E-state index in [1.807, 2.05) is 12.1 Å². The van der Waals surface area contributed by atoms with Crippen molar-refractivity contribution in [1.29, 1.82) is 0 Å². The standard InChI is InChI=1S/C15H22O3.C3H8/c1-2-13-8-10-14(11-9-13)18-12-6-4-3-5-7-15(16)17;1-3-2/h8-11H,2-7,12H2,1H3,(H,16,17);3H2,1-2H3. The highest BCUT2D eigenvalue weighted by Crippen LogP contribution is 2.13. The molecule has 0 atom stereocenters. The molecule has 0 amide bonds. The van der Waals surface area contributed by atoms with Crippen molar-refractivity contribution < 1.29 is 14.6 Å². The molecule has 0 aromatic heterocycles. The Morgan fingerprint density at radius 3 is 2.10 bits per heavy atom. The summed E-state index contributed by atoms with van der Waals surface area (Å²) in [7, 11) is 0. The number of carboxylic acids is 1. The molecule has 3 heteroatoms. The minimum Gasteiger partial charge on any atom is -0.494 e. The molecule has 1 rings (SSSR count). The summed E-state index contributed by atoms with van der Waals surface area (Å²) in [6.07, 6.45) is 6.31. The summed E-state index contributed by atoms with van der Waals surface area (Å²) in [5.74, 6) is 0.208. The zero-order valence-electron chi connectivity index (χ0n) is 13.7. The fourth-order valence-corrected chi connectivity index (χ4v) is 1.74.